The zero-order valence-corrected chi connectivity index (χ0v) is 12.2. The van der Waals surface area contributed by atoms with Crippen molar-refractivity contribution in [3.8, 4) is 0 Å². The summed E-state index contributed by atoms with van der Waals surface area (Å²) in [7, 11) is 1.83. The molecule has 0 aliphatic carbocycles. The van der Waals surface area contributed by atoms with Crippen LogP contribution >= 0.6 is 23.1 Å². The molecule has 19 heavy (non-hydrogen) atoms. The summed E-state index contributed by atoms with van der Waals surface area (Å²) in [5, 5.41) is 7.03. The van der Waals surface area contributed by atoms with Gasteiger partial charge in [-0.05, 0) is 24.8 Å². The highest BCUT2D eigenvalue weighted by atomic mass is 32.2. The van der Waals surface area contributed by atoms with Crippen LogP contribution in [0.4, 0.5) is 5.95 Å². The highest BCUT2D eigenvalue weighted by molar-refractivity contribution is 8.01. The van der Waals surface area contributed by atoms with Gasteiger partial charge in [-0.3, -0.25) is 0 Å². The molecule has 6 heteroatoms. The number of hydrogen-bond acceptors (Lipinski definition) is 6. The lowest BCUT2D eigenvalue weighted by Gasteiger charge is -2.06. The van der Waals surface area contributed by atoms with Crippen LogP contribution in [0.15, 0.2) is 39.0 Å². The van der Waals surface area contributed by atoms with Gasteiger partial charge in [0.05, 0.1) is 5.52 Å². The Bertz CT molecular complexity index is 723. The standard InChI is InChI=1S/C13H12N4S2/c1-8-7-18-13(15-8)19-11-9-5-3-4-6-10(9)16-12(14-2)17-11/h3-7H,1-2H3,(H,14,16,17). The van der Waals surface area contributed by atoms with Gasteiger partial charge in [0.1, 0.15) is 5.03 Å². The number of fused-ring (bicyclic) bond motifs is 1. The van der Waals surface area contributed by atoms with E-state index in [1.165, 1.54) is 0 Å². The summed E-state index contributed by atoms with van der Waals surface area (Å²) in [4.78, 5) is 13.4. The molecule has 0 aliphatic rings. The number of rotatable bonds is 3. The quantitative estimate of drug-likeness (QED) is 0.746. The van der Waals surface area contributed by atoms with Crippen LogP contribution in [0.1, 0.15) is 5.69 Å². The van der Waals surface area contributed by atoms with Gasteiger partial charge in [0.25, 0.3) is 0 Å². The average molecular weight is 288 g/mol. The van der Waals surface area contributed by atoms with Crippen molar-refractivity contribution in [3.63, 3.8) is 0 Å². The van der Waals surface area contributed by atoms with Crippen LogP contribution in [0.25, 0.3) is 10.9 Å². The summed E-state index contributed by atoms with van der Waals surface area (Å²) in [6.07, 6.45) is 0. The van der Waals surface area contributed by atoms with Crippen LogP contribution in [0, 0.1) is 6.92 Å². The van der Waals surface area contributed by atoms with Gasteiger partial charge in [-0.2, -0.15) is 0 Å². The largest absolute Gasteiger partial charge is 0.357 e. The van der Waals surface area contributed by atoms with Gasteiger partial charge in [0.2, 0.25) is 5.95 Å². The summed E-state index contributed by atoms with van der Waals surface area (Å²) in [6, 6.07) is 8.02. The molecule has 0 aliphatic heterocycles. The molecular formula is C13H12N4S2. The average Bonchev–Trinajstić information content (AvgIpc) is 2.84. The second kappa shape index (κ2) is 5.14. The van der Waals surface area contributed by atoms with Gasteiger partial charge >= 0.3 is 0 Å². The number of nitrogens with zero attached hydrogens (tertiary/aromatic N) is 3. The number of thiazole rings is 1. The van der Waals surface area contributed by atoms with E-state index in [1.807, 2.05) is 43.6 Å². The first kappa shape index (κ1) is 12.4. The monoisotopic (exact) mass is 288 g/mol. The molecule has 2 heterocycles. The molecule has 0 fully saturated rings. The van der Waals surface area contributed by atoms with E-state index in [9.17, 15) is 0 Å². The molecule has 0 atom stereocenters. The van der Waals surface area contributed by atoms with Crippen LogP contribution in [-0.2, 0) is 0 Å². The molecule has 2 aromatic heterocycles. The number of benzene rings is 1. The summed E-state index contributed by atoms with van der Waals surface area (Å²) >= 11 is 3.22. The van der Waals surface area contributed by atoms with Crippen LogP contribution < -0.4 is 5.32 Å². The van der Waals surface area contributed by atoms with Gasteiger partial charge < -0.3 is 5.32 Å². The fraction of sp³-hybridized carbons (Fsp3) is 0.154. The third kappa shape index (κ3) is 2.54. The Morgan fingerprint density at radius 3 is 2.74 bits per heavy atom. The first-order valence-corrected chi connectivity index (χ1v) is 7.50. The predicted molar refractivity (Wildman–Crippen MR) is 80.1 cm³/mol. The van der Waals surface area contributed by atoms with Crippen molar-refractivity contribution < 1.29 is 0 Å². The van der Waals surface area contributed by atoms with Crippen molar-refractivity contribution >= 4 is 39.9 Å². The van der Waals surface area contributed by atoms with Gasteiger partial charge in [-0.1, -0.05) is 18.2 Å². The van der Waals surface area contributed by atoms with Crippen molar-refractivity contribution in [2.75, 3.05) is 12.4 Å². The molecule has 0 spiro atoms. The van der Waals surface area contributed by atoms with E-state index in [-0.39, 0.29) is 0 Å². The molecule has 4 nitrogen and oxygen atoms in total. The van der Waals surface area contributed by atoms with E-state index in [0.717, 1.165) is 26.0 Å². The Morgan fingerprint density at radius 1 is 1.16 bits per heavy atom. The fourth-order valence-corrected chi connectivity index (χ4v) is 3.56. The maximum Gasteiger partial charge on any atom is 0.224 e. The molecule has 96 valence electrons. The molecule has 0 amide bonds. The van der Waals surface area contributed by atoms with E-state index < -0.39 is 0 Å². The maximum absolute atomic E-state index is 4.53. The van der Waals surface area contributed by atoms with Crippen molar-refractivity contribution in [1.82, 2.24) is 15.0 Å². The van der Waals surface area contributed by atoms with Crippen molar-refractivity contribution in [2.45, 2.75) is 16.3 Å². The van der Waals surface area contributed by atoms with Gasteiger partial charge in [0.15, 0.2) is 4.34 Å². The lowest BCUT2D eigenvalue weighted by atomic mass is 10.2. The molecule has 0 unspecified atom stereocenters. The Balaban J connectivity index is 2.10. The zero-order chi connectivity index (χ0) is 13.2. The van der Waals surface area contributed by atoms with Crippen molar-refractivity contribution in [1.29, 1.82) is 0 Å². The van der Waals surface area contributed by atoms with E-state index in [2.05, 4.69) is 20.3 Å². The molecule has 0 radical (unpaired) electrons. The van der Waals surface area contributed by atoms with Crippen LogP contribution in [0.5, 0.6) is 0 Å². The normalized spacial score (nSPS) is 10.8. The number of aryl methyl sites for hydroxylation is 1. The predicted octanol–water partition coefficient (Wildman–Crippen LogP) is 3.59. The van der Waals surface area contributed by atoms with Gasteiger partial charge in [-0.15, -0.1) is 11.3 Å². The molecule has 3 rings (SSSR count). The molecule has 1 aromatic carbocycles. The van der Waals surface area contributed by atoms with Gasteiger partial charge in [0, 0.05) is 23.5 Å². The van der Waals surface area contributed by atoms with Crippen LogP contribution in [0.3, 0.4) is 0 Å². The SMILES string of the molecule is CNc1nc(Sc2nc(C)cs2)c2ccccc2n1. The highest BCUT2D eigenvalue weighted by Crippen LogP contribution is 2.33. The van der Waals surface area contributed by atoms with E-state index in [4.69, 9.17) is 0 Å². The second-order valence-electron chi connectivity index (χ2n) is 3.98. The van der Waals surface area contributed by atoms with E-state index in [1.54, 1.807) is 23.1 Å². The molecule has 1 N–H and O–H groups in total. The smallest absolute Gasteiger partial charge is 0.224 e. The van der Waals surface area contributed by atoms with E-state index in [0.29, 0.717) is 5.95 Å². The number of nitrogens with one attached hydrogen (secondary N) is 1. The second-order valence-corrected chi connectivity index (χ2v) is 6.07. The zero-order valence-electron chi connectivity index (χ0n) is 10.5. The van der Waals surface area contributed by atoms with Crippen molar-refractivity contribution in [3.05, 3.63) is 35.3 Å². The topological polar surface area (TPSA) is 50.7 Å². The minimum atomic E-state index is 0.634. The van der Waals surface area contributed by atoms with E-state index >= 15 is 0 Å². The third-order valence-corrected chi connectivity index (χ3v) is 4.63. The molecular weight excluding hydrogens is 276 g/mol. The molecule has 0 bridgehead atoms. The lowest BCUT2D eigenvalue weighted by Crippen LogP contribution is -1.98. The minimum Gasteiger partial charge on any atom is -0.357 e. The maximum atomic E-state index is 4.53. The summed E-state index contributed by atoms with van der Waals surface area (Å²) in [6.45, 7) is 2.00. The number of anilines is 1. The molecule has 0 saturated heterocycles. The minimum absolute atomic E-state index is 0.634. The molecule has 0 saturated carbocycles. The van der Waals surface area contributed by atoms with Crippen LogP contribution in [-0.4, -0.2) is 22.0 Å². The Labute approximate surface area is 119 Å². The van der Waals surface area contributed by atoms with Gasteiger partial charge in [-0.25, -0.2) is 15.0 Å². The fourth-order valence-electron chi connectivity index (χ4n) is 1.70. The molecule has 3 aromatic rings. The highest BCUT2D eigenvalue weighted by Gasteiger charge is 2.10. The Morgan fingerprint density at radius 2 is 2.00 bits per heavy atom. The number of para-hydroxylation sites is 1. The number of hydrogen-bond donors (Lipinski definition) is 1. The first-order valence-electron chi connectivity index (χ1n) is 5.81. The lowest BCUT2D eigenvalue weighted by molar-refractivity contribution is 1.09. The summed E-state index contributed by atoms with van der Waals surface area (Å²) in [5.41, 5.74) is 1.98. The number of aromatic nitrogens is 3. The summed E-state index contributed by atoms with van der Waals surface area (Å²) in [5.74, 6) is 0.634. The van der Waals surface area contributed by atoms with Crippen LogP contribution in [0.2, 0.25) is 0 Å². The Kier molecular flexibility index (Phi) is 3.35. The van der Waals surface area contributed by atoms with Crippen molar-refractivity contribution in [2.24, 2.45) is 0 Å². The first-order chi connectivity index (χ1) is 9.26. The third-order valence-electron chi connectivity index (χ3n) is 2.57. The summed E-state index contributed by atoms with van der Waals surface area (Å²) < 4.78 is 1.00. The Hall–Kier alpha value is -1.66.